The smallest absolute Gasteiger partial charge is 0.0231 e. The molecule has 0 aliphatic heterocycles. The number of hydrogen-bond donors (Lipinski definition) is 1. The maximum Gasteiger partial charge on any atom is 0.0231 e. The van der Waals surface area contributed by atoms with E-state index in [1.807, 2.05) is 0 Å². The van der Waals surface area contributed by atoms with Gasteiger partial charge in [0.1, 0.15) is 0 Å². The van der Waals surface area contributed by atoms with Crippen LogP contribution in [0, 0.1) is 11.8 Å². The third-order valence-electron chi connectivity index (χ3n) is 4.60. The lowest BCUT2D eigenvalue weighted by molar-refractivity contribution is 0.158. The maximum atomic E-state index is 3.70. The summed E-state index contributed by atoms with van der Waals surface area (Å²) < 4.78 is 1.17. The Labute approximate surface area is 138 Å². The fraction of sp³-hybridized carbons (Fsp3) is 0.667. The largest absolute Gasteiger partial charge is 0.314 e. The molecule has 0 saturated heterocycles. The summed E-state index contributed by atoms with van der Waals surface area (Å²) in [5.74, 6) is 1.66. The zero-order valence-electron chi connectivity index (χ0n) is 13.6. The van der Waals surface area contributed by atoms with Gasteiger partial charge in [0.05, 0.1) is 0 Å². The molecule has 3 unspecified atom stereocenters. The van der Waals surface area contributed by atoms with E-state index in [2.05, 4.69) is 71.3 Å². The molecule has 3 heteroatoms. The Morgan fingerprint density at radius 2 is 2.14 bits per heavy atom. The summed E-state index contributed by atoms with van der Waals surface area (Å²) in [4.78, 5) is 2.48. The highest BCUT2D eigenvalue weighted by Crippen LogP contribution is 2.30. The number of nitrogens with one attached hydrogen (secondary N) is 1. The zero-order valence-corrected chi connectivity index (χ0v) is 15.2. The second kappa shape index (κ2) is 8.30. The molecule has 2 nitrogen and oxygen atoms in total. The highest BCUT2D eigenvalue weighted by molar-refractivity contribution is 9.10. The van der Waals surface area contributed by atoms with Crippen molar-refractivity contribution in [1.29, 1.82) is 0 Å². The van der Waals surface area contributed by atoms with E-state index in [9.17, 15) is 0 Å². The van der Waals surface area contributed by atoms with Crippen LogP contribution in [0.5, 0.6) is 0 Å². The molecule has 0 heterocycles. The molecule has 2 rings (SSSR count). The molecule has 118 valence electrons. The lowest BCUT2D eigenvalue weighted by atomic mass is 9.78. The molecule has 0 amide bonds. The summed E-state index contributed by atoms with van der Waals surface area (Å²) in [7, 11) is 2.25. The molecule has 0 bridgehead atoms. The van der Waals surface area contributed by atoms with Gasteiger partial charge in [0, 0.05) is 23.6 Å². The lowest BCUT2D eigenvalue weighted by Gasteiger charge is -2.37. The number of rotatable bonds is 6. The van der Waals surface area contributed by atoms with Gasteiger partial charge in [-0.05, 0) is 62.4 Å². The van der Waals surface area contributed by atoms with E-state index in [0.717, 1.165) is 24.9 Å². The summed E-state index contributed by atoms with van der Waals surface area (Å²) >= 11 is 3.56. The summed E-state index contributed by atoms with van der Waals surface area (Å²) in [6.45, 7) is 7.94. The van der Waals surface area contributed by atoms with Crippen molar-refractivity contribution >= 4 is 15.9 Å². The standard InChI is InChI=1S/C18H29BrN2/c1-4-20-18-9-8-14(2)10-16(18)13-21(3)12-15-6-5-7-17(19)11-15/h5-7,11,14,16,18,20H,4,8-10,12-13H2,1-3H3. The van der Waals surface area contributed by atoms with Crippen molar-refractivity contribution in [1.82, 2.24) is 10.2 Å². The van der Waals surface area contributed by atoms with Crippen LogP contribution in [-0.4, -0.2) is 31.1 Å². The third-order valence-corrected chi connectivity index (χ3v) is 5.09. The average molecular weight is 353 g/mol. The SMILES string of the molecule is CCNC1CCC(C)CC1CN(C)Cc1cccc(Br)c1. The maximum absolute atomic E-state index is 3.70. The summed E-state index contributed by atoms with van der Waals surface area (Å²) in [5.41, 5.74) is 1.38. The van der Waals surface area contributed by atoms with Crippen molar-refractivity contribution in [2.45, 2.75) is 45.7 Å². The van der Waals surface area contributed by atoms with Gasteiger partial charge in [0.15, 0.2) is 0 Å². The molecule has 1 aromatic carbocycles. The third kappa shape index (κ3) is 5.39. The monoisotopic (exact) mass is 352 g/mol. The van der Waals surface area contributed by atoms with Crippen molar-refractivity contribution < 1.29 is 0 Å². The molecule has 1 aliphatic carbocycles. The Balaban J connectivity index is 1.91. The molecule has 1 fully saturated rings. The molecule has 1 aromatic rings. The Kier molecular flexibility index (Phi) is 6.72. The zero-order chi connectivity index (χ0) is 15.2. The van der Waals surface area contributed by atoms with Crippen molar-refractivity contribution in [3.05, 3.63) is 34.3 Å². The van der Waals surface area contributed by atoms with E-state index in [4.69, 9.17) is 0 Å². The average Bonchev–Trinajstić information content (AvgIpc) is 2.42. The highest BCUT2D eigenvalue weighted by atomic mass is 79.9. The van der Waals surface area contributed by atoms with E-state index in [1.165, 1.54) is 35.8 Å². The van der Waals surface area contributed by atoms with E-state index >= 15 is 0 Å². The summed E-state index contributed by atoms with van der Waals surface area (Å²) in [5, 5.41) is 3.70. The molecule has 0 aromatic heterocycles. The summed E-state index contributed by atoms with van der Waals surface area (Å²) in [6.07, 6.45) is 4.08. The first-order valence-electron chi connectivity index (χ1n) is 8.24. The van der Waals surface area contributed by atoms with E-state index in [0.29, 0.717) is 6.04 Å². The van der Waals surface area contributed by atoms with E-state index in [1.54, 1.807) is 0 Å². The van der Waals surface area contributed by atoms with Crippen molar-refractivity contribution in [2.75, 3.05) is 20.1 Å². The normalized spacial score (nSPS) is 26.2. The van der Waals surface area contributed by atoms with Crippen molar-refractivity contribution in [3.63, 3.8) is 0 Å². The lowest BCUT2D eigenvalue weighted by Crippen LogP contribution is -2.44. The van der Waals surface area contributed by atoms with Gasteiger partial charge in [0.2, 0.25) is 0 Å². The first kappa shape index (κ1) is 17.0. The van der Waals surface area contributed by atoms with Crippen LogP contribution >= 0.6 is 15.9 Å². The number of halogens is 1. The van der Waals surface area contributed by atoms with Gasteiger partial charge in [0.25, 0.3) is 0 Å². The minimum atomic E-state index is 0.705. The van der Waals surface area contributed by atoms with Crippen LogP contribution < -0.4 is 5.32 Å². The number of nitrogens with zero attached hydrogens (tertiary/aromatic N) is 1. The van der Waals surface area contributed by atoms with Crippen LogP contribution in [0.4, 0.5) is 0 Å². The van der Waals surface area contributed by atoms with Gasteiger partial charge in [-0.25, -0.2) is 0 Å². The van der Waals surface area contributed by atoms with Crippen LogP contribution in [0.15, 0.2) is 28.7 Å². The highest BCUT2D eigenvalue weighted by Gasteiger charge is 2.28. The van der Waals surface area contributed by atoms with Crippen LogP contribution in [0.2, 0.25) is 0 Å². The first-order valence-corrected chi connectivity index (χ1v) is 9.04. The molecule has 1 aliphatic rings. The van der Waals surface area contributed by atoms with Gasteiger partial charge < -0.3 is 10.2 Å². The molecule has 1 saturated carbocycles. The molecular weight excluding hydrogens is 324 g/mol. The van der Waals surface area contributed by atoms with Crippen LogP contribution in [0.25, 0.3) is 0 Å². The number of hydrogen-bond acceptors (Lipinski definition) is 2. The quantitative estimate of drug-likeness (QED) is 0.821. The fourth-order valence-electron chi connectivity index (χ4n) is 3.64. The topological polar surface area (TPSA) is 15.3 Å². The van der Waals surface area contributed by atoms with E-state index < -0.39 is 0 Å². The molecule has 0 radical (unpaired) electrons. The molecule has 3 atom stereocenters. The van der Waals surface area contributed by atoms with Gasteiger partial charge >= 0.3 is 0 Å². The molecule has 1 N–H and O–H groups in total. The van der Waals surface area contributed by atoms with Gasteiger partial charge in [-0.1, -0.05) is 41.9 Å². The second-order valence-electron chi connectivity index (χ2n) is 6.67. The Hall–Kier alpha value is -0.380. The van der Waals surface area contributed by atoms with E-state index in [-0.39, 0.29) is 0 Å². The first-order chi connectivity index (χ1) is 10.1. The van der Waals surface area contributed by atoms with Gasteiger partial charge in [-0.15, -0.1) is 0 Å². The minimum absolute atomic E-state index is 0.705. The van der Waals surface area contributed by atoms with Gasteiger partial charge in [-0.2, -0.15) is 0 Å². The van der Waals surface area contributed by atoms with Gasteiger partial charge in [-0.3, -0.25) is 0 Å². The fourth-order valence-corrected chi connectivity index (χ4v) is 4.09. The minimum Gasteiger partial charge on any atom is -0.314 e. The Morgan fingerprint density at radius 1 is 1.33 bits per heavy atom. The number of benzene rings is 1. The second-order valence-corrected chi connectivity index (χ2v) is 7.58. The molecular formula is C18H29BrN2. The predicted molar refractivity (Wildman–Crippen MR) is 94.4 cm³/mol. The molecule has 0 spiro atoms. The van der Waals surface area contributed by atoms with Crippen molar-refractivity contribution in [2.24, 2.45) is 11.8 Å². The Morgan fingerprint density at radius 3 is 2.86 bits per heavy atom. The van der Waals surface area contributed by atoms with Crippen molar-refractivity contribution in [3.8, 4) is 0 Å². The van der Waals surface area contributed by atoms with Crippen LogP contribution in [0.3, 0.4) is 0 Å². The van der Waals surface area contributed by atoms with Crippen LogP contribution in [-0.2, 0) is 6.54 Å². The Bertz CT molecular complexity index is 435. The predicted octanol–water partition coefficient (Wildman–Crippen LogP) is 4.30. The summed E-state index contributed by atoms with van der Waals surface area (Å²) in [6, 6.07) is 9.36. The molecule has 21 heavy (non-hydrogen) atoms. The van der Waals surface area contributed by atoms with Crippen LogP contribution in [0.1, 0.15) is 38.7 Å².